The Morgan fingerprint density at radius 3 is 1.32 bits per heavy atom. The first-order valence-corrected chi connectivity index (χ1v) is 23.5. The maximum Gasteiger partial charge on any atom is 0.326 e. The number of nitrogens with two attached hydrogens (primary N) is 3. The first-order valence-electron chi connectivity index (χ1n) is 23.5. The minimum atomic E-state index is -2.00. The third kappa shape index (κ3) is 20.0. The Hall–Kier alpha value is -9.24. The molecule has 1 heterocycles. The molecule has 9 amide bonds. The highest BCUT2D eigenvalue weighted by Gasteiger charge is 2.36. The molecule has 0 unspecified atom stereocenters. The van der Waals surface area contributed by atoms with Crippen LogP contribution < -0.4 is 54.4 Å². The lowest BCUT2D eigenvalue weighted by Crippen LogP contribution is -2.61. The van der Waals surface area contributed by atoms with Crippen LogP contribution in [0.15, 0.2) is 97.5 Å². The van der Waals surface area contributed by atoms with E-state index in [1.165, 1.54) is 36.8 Å². The number of carboxylic acids is 2. The number of hydrogen-bond acceptors (Lipinski definition) is 15. The number of aliphatic carboxylic acids is 2. The van der Waals surface area contributed by atoms with Crippen LogP contribution in [0.5, 0.6) is 5.75 Å². The van der Waals surface area contributed by atoms with Crippen LogP contribution in [0.2, 0.25) is 0 Å². The number of nitrogens with one attached hydrogen (secondary N) is 8. The highest BCUT2D eigenvalue weighted by atomic mass is 16.4. The molecule has 406 valence electrons. The van der Waals surface area contributed by atoms with Gasteiger partial charge in [0.15, 0.2) is 0 Å². The molecule has 0 aliphatic heterocycles. The van der Waals surface area contributed by atoms with Gasteiger partial charge in [0.2, 0.25) is 53.2 Å². The molecule has 0 spiro atoms. The van der Waals surface area contributed by atoms with Crippen molar-refractivity contribution in [3.05, 3.63) is 120 Å². The van der Waals surface area contributed by atoms with Gasteiger partial charge < -0.3 is 79.8 Å². The van der Waals surface area contributed by atoms with Crippen LogP contribution in [-0.4, -0.2) is 150 Å². The molecule has 27 heteroatoms. The molecule has 8 atom stereocenters. The number of rotatable bonds is 31. The molecule has 0 bridgehead atoms. The van der Waals surface area contributed by atoms with Gasteiger partial charge in [-0.05, 0) is 35.2 Å². The summed E-state index contributed by atoms with van der Waals surface area (Å²) >= 11 is 0. The summed E-state index contributed by atoms with van der Waals surface area (Å²) in [5.41, 5.74) is 18.0. The average Bonchev–Trinajstić information content (AvgIpc) is 3.90. The van der Waals surface area contributed by atoms with E-state index >= 15 is 0 Å². The van der Waals surface area contributed by atoms with E-state index in [4.69, 9.17) is 17.2 Å². The number of carbonyl (C=O) groups excluding carboxylic acids is 9. The molecule has 0 aliphatic carbocycles. The van der Waals surface area contributed by atoms with Crippen molar-refractivity contribution in [3.63, 3.8) is 0 Å². The van der Waals surface area contributed by atoms with E-state index in [2.05, 4.69) is 47.2 Å². The van der Waals surface area contributed by atoms with E-state index in [1.54, 1.807) is 60.7 Å². The lowest BCUT2D eigenvalue weighted by molar-refractivity contribution is -0.142. The predicted octanol–water partition coefficient (Wildman–Crippen LogP) is -4.20. The van der Waals surface area contributed by atoms with E-state index in [0.717, 1.165) is 0 Å². The molecule has 0 saturated heterocycles. The number of aromatic amines is 1. The van der Waals surface area contributed by atoms with Crippen molar-refractivity contribution >= 4 is 65.1 Å². The van der Waals surface area contributed by atoms with Crippen molar-refractivity contribution in [1.82, 2.24) is 47.2 Å². The zero-order chi connectivity index (χ0) is 55.9. The predicted molar refractivity (Wildman–Crippen MR) is 265 cm³/mol. The molecule has 4 aromatic rings. The van der Waals surface area contributed by atoms with Crippen LogP contribution in [0.4, 0.5) is 0 Å². The number of nitrogens with zero attached hydrogens (tertiary/aromatic N) is 1. The summed E-state index contributed by atoms with van der Waals surface area (Å²) in [4.78, 5) is 151. The number of aromatic nitrogens is 2. The minimum Gasteiger partial charge on any atom is -0.508 e. The van der Waals surface area contributed by atoms with Crippen LogP contribution >= 0.6 is 0 Å². The molecule has 0 aliphatic rings. The van der Waals surface area contributed by atoms with Gasteiger partial charge in [-0.15, -0.1) is 0 Å². The van der Waals surface area contributed by atoms with Gasteiger partial charge in [0.05, 0.1) is 31.8 Å². The van der Waals surface area contributed by atoms with Crippen molar-refractivity contribution in [2.75, 3.05) is 6.61 Å². The molecular formula is C49H60N12O15. The summed E-state index contributed by atoms with van der Waals surface area (Å²) in [6, 6.07) is 8.15. The summed E-state index contributed by atoms with van der Waals surface area (Å²) in [7, 11) is 0. The van der Waals surface area contributed by atoms with Crippen molar-refractivity contribution in [2.45, 2.75) is 99.7 Å². The second-order valence-corrected chi connectivity index (χ2v) is 17.4. The zero-order valence-corrected chi connectivity index (χ0v) is 40.7. The standard InChI is InChI=1S/C49H60N12O15/c50-31(15-16-39(51)64)42(68)61-38(24-62)48(74)57-34(19-28-11-13-30(63)14-12-28)44(70)59-36(22-41(66)67)47(73)56-32(17-26-7-3-1-4-8-26)43(69)58-35(21-40(52)65)46(72)55-33(18-27-9-5-2-6-10-27)45(71)60-37(49(75)76)20-29-23-53-25-54-29/h1-14,23,25,31-38,62-63H,15-22,24,50H2,(H2,51,64)(H2,52,65)(H,53,54)(H,55,72)(H,56,73)(H,57,74)(H,58,69)(H,59,70)(H,60,71)(H,61,68)(H,66,67)(H,75,76)/t31-,32-,33-,34-,35-,36-,37-,38-/m0/s1. The normalized spacial score (nSPS) is 14.0. The van der Waals surface area contributed by atoms with Crippen LogP contribution in [-0.2, 0) is 78.4 Å². The lowest BCUT2D eigenvalue weighted by Gasteiger charge is -2.27. The molecule has 18 N–H and O–H groups in total. The molecule has 76 heavy (non-hydrogen) atoms. The van der Waals surface area contributed by atoms with Gasteiger partial charge in [-0.25, -0.2) is 9.78 Å². The first kappa shape index (κ1) is 59.3. The van der Waals surface area contributed by atoms with Crippen molar-refractivity contribution in [2.24, 2.45) is 17.2 Å². The second kappa shape index (κ2) is 29.5. The Morgan fingerprint density at radius 2 is 0.908 bits per heavy atom. The van der Waals surface area contributed by atoms with E-state index in [0.29, 0.717) is 22.4 Å². The van der Waals surface area contributed by atoms with E-state index in [9.17, 15) is 73.2 Å². The number of imidazole rings is 1. The van der Waals surface area contributed by atoms with E-state index in [1.807, 2.05) is 0 Å². The number of primary amides is 2. The fourth-order valence-corrected chi connectivity index (χ4v) is 7.34. The number of benzene rings is 3. The largest absolute Gasteiger partial charge is 0.508 e. The molecule has 0 radical (unpaired) electrons. The number of H-pyrrole nitrogens is 1. The van der Waals surface area contributed by atoms with Gasteiger partial charge >= 0.3 is 11.9 Å². The van der Waals surface area contributed by atoms with Gasteiger partial charge in [0, 0.05) is 44.0 Å². The Labute approximate surface area is 433 Å². The first-order chi connectivity index (χ1) is 36.1. The molecule has 0 saturated carbocycles. The monoisotopic (exact) mass is 1060 g/mol. The van der Waals surface area contributed by atoms with Gasteiger partial charge in [-0.3, -0.25) is 47.9 Å². The van der Waals surface area contributed by atoms with Crippen molar-refractivity contribution < 1.29 is 73.2 Å². The van der Waals surface area contributed by atoms with E-state index < -0.39 is 133 Å². The number of aliphatic hydroxyl groups is 1. The SMILES string of the molecule is NC(=O)CC[C@H](N)C(=O)N[C@@H](CO)C(=O)N[C@@H](Cc1ccc(O)cc1)C(=O)N[C@@H](CC(=O)O)C(=O)N[C@@H](Cc1ccccc1)C(=O)N[C@@H](CC(N)=O)C(=O)N[C@@H](Cc1ccccc1)C(=O)N[C@@H](Cc1cnc[nH]1)C(=O)O. The van der Waals surface area contributed by atoms with Crippen LogP contribution in [0.3, 0.4) is 0 Å². The zero-order valence-electron chi connectivity index (χ0n) is 40.7. The number of hydrogen-bond donors (Lipinski definition) is 15. The van der Waals surface area contributed by atoms with Gasteiger partial charge in [0.1, 0.15) is 48.0 Å². The molecule has 4 rings (SSSR count). The molecule has 27 nitrogen and oxygen atoms in total. The third-order valence-electron chi connectivity index (χ3n) is 11.3. The van der Waals surface area contributed by atoms with Crippen LogP contribution in [0.1, 0.15) is 48.1 Å². The Morgan fingerprint density at radius 1 is 0.500 bits per heavy atom. The van der Waals surface area contributed by atoms with Gasteiger partial charge in [0.25, 0.3) is 0 Å². The Bertz CT molecular complexity index is 2660. The summed E-state index contributed by atoms with van der Waals surface area (Å²) in [6.07, 6.45) is -0.954. The fraction of sp³-hybridized carbons (Fsp3) is 0.347. The average molecular weight is 1060 g/mol. The quantitative estimate of drug-likeness (QED) is 0.0227. The number of phenols is 1. The summed E-state index contributed by atoms with van der Waals surface area (Å²) in [5.74, 6) is -12.9. The molecule has 1 aromatic heterocycles. The van der Waals surface area contributed by atoms with Crippen molar-refractivity contribution in [1.29, 1.82) is 0 Å². The van der Waals surface area contributed by atoms with Gasteiger partial charge in [-0.1, -0.05) is 72.8 Å². The highest BCUT2D eigenvalue weighted by molar-refractivity contribution is 5.99. The summed E-state index contributed by atoms with van der Waals surface area (Å²) in [5, 5.41) is 56.2. The molecule has 3 aromatic carbocycles. The number of aromatic hydroxyl groups is 1. The number of carboxylic acid groups (broad SMARTS) is 2. The third-order valence-corrected chi connectivity index (χ3v) is 11.3. The Kier molecular flexibility index (Phi) is 23.0. The summed E-state index contributed by atoms with van der Waals surface area (Å²) in [6.45, 7) is -1.02. The maximum absolute atomic E-state index is 14.3. The van der Waals surface area contributed by atoms with Crippen LogP contribution in [0, 0.1) is 0 Å². The number of phenolic OH excluding ortho intramolecular Hbond substituents is 1. The smallest absolute Gasteiger partial charge is 0.326 e. The number of amides is 9. The molecule has 0 fully saturated rings. The minimum absolute atomic E-state index is 0.165. The lowest BCUT2D eigenvalue weighted by atomic mass is 10.0. The maximum atomic E-state index is 14.3. The van der Waals surface area contributed by atoms with Gasteiger partial charge in [-0.2, -0.15) is 0 Å². The van der Waals surface area contributed by atoms with Crippen LogP contribution in [0.25, 0.3) is 0 Å². The fourth-order valence-electron chi connectivity index (χ4n) is 7.34. The highest BCUT2D eigenvalue weighted by Crippen LogP contribution is 2.14. The number of aliphatic hydroxyl groups excluding tert-OH is 1. The van der Waals surface area contributed by atoms with E-state index in [-0.39, 0.29) is 44.3 Å². The molecular weight excluding hydrogens is 997 g/mol. The second-order valence-electron chi connectivity index (χ2n) is 17.4. The van der Waals surface area contributed by atoms with Crippen molar-refractivity contribution in [3.8, 4) is 5.75 Å². The number of carbonyl (C=O) groups is 11. The topological polar surface area (TPSA) is 460 Å². The Balaban J connectivity index is 1.61. The summed E-state index contributed by atoms with van der Waals surface area (Å²) < 4.78 is 0.